The molecular formula is C24H26Zr. The first-order valence-electron chi connectivity index (χ1n) is 9.23. The molecule has 2 atom stereocenters. The molecule has 2 aliphatic rings. The third kappa shape index (κ3) is 2.81. The summed E-state index contributed by atoms with van der Waals surface area (Å²) in [6, 6.07) is 14.1. The second kappa shape index (κ2) is 6.44. The monoisotopic (exact) mass is 404 g/mol. The van der Waals surface area contributed by atoms with Gasteiger partial charge in [0.05, 0.1) is 0 Å². The third-order valence-electron chi connectivity index (χ3n) is 5.78. The van der Waals surface area contributed by atoms with Gasteiger partial charge in [-0.2, -0.15) is 0 Å². The van der Waals surface area contributed by atoms with Gasteiger partial charge in [-0.05, 0) is 0 Å². The van der Waals surface area contributed by atoms with Crippen LogP contribution in [0, 0.1) is 13.8 Å². The van der Waals surface area contributed by atoms with Gasteiger partial charge in [-0.15, -0.1) is 0 Å². The van der Waals surface area contributed by atoms with Gasteiger partial charge in [0.1, 0.15) is 0 Å². The molecule has 0 spiro atoms. The minimum atomic E-state index is -1.91. The zero-order valence-electron chi connectivity index (χ0n) is 15.9. The van der Waals surface area contributed by atoms with Gasteiger partial charge in [0.15, 0.2) is 0 Å². The van der Waals surface area contributed by atoms with Gasteiger partial charge in [0.25, 0.3) is 0 Å². The van der Waals surface area contributed by atoms with E-state index < -0.39 is 21.3 Å². The molecule has 0 saturated heterocycles. The van der Waals surface area contributed by atoms with E-state index in [1.807, 2.05) is 0 Å². The molecule has 0 aromatic heterocycles. The standard InChI is InChI=1S/2C11H11.C2H4.Zr/c2*1-8-3-4-10-6-9(2)7-11(10)5-8;1-2;/h2*3-7H,1-2H3;1H,2H3;. The summed E-state index contributed by atoms with van der Waals surface area (Å²) in [7, 11) is 0. The predicted molar refractivity (Wildman–Crippen MR) is 107 cm³/mol. The van der Waals surface area contributed by atoms with Crippen LogP contribution in [0.25, 0.3) is 12.2 Å². The van der Waals surface area contributed by atoms with E-state index in [0.717, 1.165) is 0 Å². The van der Waals surface area contributed by atoms with Crippen LogP contribution < -0.4 is 0 Å². The molecular weight excluding hydrogens is 379 g/mol. The van der Waals surface area contributed by atoms with Crippen molar-refractivity contribution in [2.75, 3.05) is 0 Å². The number of aryl methyl sites for hydroxylation is 2. The molecule has 4 rings (SSSR count). The molecule has 2 aromatic carbocycles. The molecule has 0 N–H and O–H groups in total. The Bertz CT molecular complexity index is 881. The summed E-state index contributed by atoms with van der Waals surface area (Å²) < 4.78 is 4.00. The topological polar surface area (TPSA) is 0 Å². The van der Waals surface area contributed by atoms with Crippen LogP contribution in [0.2, 0.25) is 0 Å². The molecule has 0 heterocycles. The Labute approximate surface area is 159 Å². The van der Waals surface area contributed by atoms with Crippen LogP contribution in [-0.4, -0.2) is 3.71 Å². The molecule has 0 aliphatic heterocycles. The average molecular weight is 406 g/mol. The molecule has 0 nitrogen and oxygen atoms in total. The summed E-state index contributed by atoms with van der Waals surface area (Å²) in [5, 5.41) is 0. The molecule has 25 heavy (non-hydrogen) atoms. The molecule has 0 saturated carbocycles. The molecule has 2 aromatic rings. The van der Waals surface area contributed by atoms with Gasteiger partial charge in [-0.25, -0.2) is 0 Å². The first-order chi connectivity index (χ1) is 12.0. The van der Waals surface area contributed by atoms with Crippen molar-refractivity contribution in [2.24, 2.45) is 0 Å². The Kier molecular flexibility index (Phi) is 4.40. The molecule has 2 aliphatic carbocycles. The minimum absolute atomic E-state index is 0.684. The molecule has 2 unspecified atom stereocenters. The number of allylic oxidation sites excluding steroid dienone is 2. The maximum atomic E-state index is 2.64. The molecule has 126 valence electrons. The summed E-state index contributed by atoms with van der Waals surface area (Å²) in [6.07, 6.45) is 4.89. The average Bonchev–Trinajstić information content (AvgIpc) is 3.05. The van der Waals surface area contributed by atoms with Crippen LogP contribution >= 0.6 is 0 Å². The van der Waals surface area contributed by atoms with Gasteiger partial charge < -0.3 is 0 Å². The Hall–Kier alpha value is -1.33. The van der Waals surface area contributed by atoms with Crippen LogP contribution in [0.15, 0.2) is 47.5 Å². The van der Waals surface area contributed by atoms with E-state index in [-0.39, 0.29) is 0 Å². The van der Waals surface area contributed by atoms with E-state index in [1.165, 1.54) is 22.3 Å². The van der Waals surface area contributed by atoms with Crippen LogP contribution in [0.5, 0.6) is 0 Å². The molecule has 1 heteroatoms. The molecule has 0 amide bonds. The predicted octanol–water partition coefficient (Wildman–Crippen LogP) is 6.36. The zero-order chi connectivity index (χ0) is 17.7. The summed E-state index contributed by atoms with van der Waals surface area (Å²) in [5.41, 5.74) is 12.0. The number of fused-ring (bicyclic) bond motifs is 2. The number of hydrogen-bond acceptors (Lipinski definition) is 0. The van der Waals surface area contributed by atoms with Crippen molar-refractivity contribution in [3.63, 3.8) is 0 Å². The van der Waals surface area contributed by atoms with Crippen LogP contribution in [-0.2, 0) is 21.3 Å². The Morgan fingerprint density at radius 3 is 1.56 bits per heavy atom. The fourth-order valence-electron chi connectivity index (χ4n) is 4.70. The molecule has 0 radical (unpaired) electrons. The van der Waals surface area contributed by atoms with E-state index >= 15 is 0 Å². The van der Waals surface area contributed by atoms with Crippen molar-refractivity contribution in [1.29, 1.82) is 0 Å². The van der Waals surface area contributed by atoms with E-state index in [0.29, 0.717) is 7.25 Å². The van der Waals surface area contributed by atoms with E-state index in [9.17, 15) is 0 Å². The first kappa shape index (κ1) is 17.1. The maximum absolute atomic E-state index is 2.64. The fraction of sp³-hybridized carbons (Fsp3) is 0.292. The van der Waals surface area contributed by atoms with Gasteiger partial charge in [0.2, 0.25) is 0 Å². The third-order valence-corrected chi connectivity index (χ3v) is 14.5. The summed E-state index contributed by atoms with van der Waals surface area (Å²) in [5.74, 6) is 0. The van der Waals surface area contributed by atoms with Crippen molar-refractivity contribution in [3.05, 3.63) is 80.9 Å². The van der Waals surface area contributed by atoms with Crippen molar-refractivity contribution < 1.29 is 21.3 Å². The number of rotatable bonds is 2. The van der Waals surface area contributed by atoms with E-state index in [4.69, 9.17) is 0 Å². The molecule has 0 fully saturated rings. The van der Waals surface area contributed by atoms with E-state index in [2.05, 4.69) is 86.9 Å². The number of hydrogen-bond donors (Lipinski definition) is 0. The quantitative estimate of drug-likeness (QED) is 0.545. The van der Waals surface area contributed by atoms with Crippen molar-refractivity contribution in [2.45, 2.75) is 41.9 Å². The van der Waals surface area contributed by atoms with Gasteiger partial charge in [-0.1, -0.05) is 0 Å². The van der Waals surface area contributed by atoms with Crippen LogP contribution in [0.4, 0.5) is 0 Å². The summed E-state index contributed by atoms with van der Waals surface area (Å²) >= 11 is -1.91. The number of benzene rings is 2. The fourth-order valence-corrected chi connectivity index (χ4v) is 13.2. The van der Waals surface area contributed by atoms with Crippen molar-refractivity contribution in [1.82, 2.24) is 0 Å². The Morgan fingerprint density at radius 1 is 0.720 bits per heavy atom. The van der Waals surface area contributed by atoms with Crippen molar-refractivity contribution >= 4 is 15.9 Å². The van der Waals surface area contributed by atoms with Gasteiger partial charge >= 0.3 is 160 Å². The zero-order valence-corrected chi connectivity index (χ0v) is 18.3. The molecule has 0 bridgehead atoms. The summed E-state index contributed by atoms with van der Waals surface area (Å²) in [4.78, 5) is 0. The second-order valence-electron chi connectivity index (χ2n) is 7.70. The second-order valence-corrected chi connectivity index (χ2v) is 14.4. The first-order valence-corrected chi connectivity index (χ1v) is 13.5. The summed E-state index contributed by atoms with van der Waals surface area (Å²) in [6.45, 7) is 11.4. The SMILES string of the molecule is C[CH]=[Zr]([CH]1C(C)=Cc2cc(C)ccc21)[CH]1C(C)=Cc2cc(C)ccc21. The Morgan fingerprint density at radius 2 is 1.16 bits per heavy atom. The Balaban J connectivity index is 1.82. The van der Waals surface area contributed by atoms with Gasteiger partial charge in [-0.3, -0.25) is 0 Å². The van der Waals surface area contributed by atoms with Crippen LogP contribution in [0.3, 0.4) is 0 Å². The van der Waals surface area contributed by atoms with Gasteiger partial charge in [0, 0.05) is 0 Å². The van der Waals surface area contributed by atoms with E-state index in [1.54, 1.807) is 22.3 Å². The normalized spacial score (nSPS) is 20.7. The van der Waals surface area contributed by atoms with Crippen LogP contribution in [0.1, 0.15) is 61.4 Å². The van der Waals surface area contributed by atoms with Crippen molar-refractivity contribution in [3.8, 4) is 0 Å².